The van der Waals surface area contributed by atoms with Crippen molar-refractivity contribution in [2.45, 2.75) is 226 Å². The van der Waals surface area contributed by atoms with Gasteiger partial charge >= 0.3 is 0 Å². The number of hydrogen-bond acceptors (Lipinski definition) is 0. The minimum atomic E-state index is 1.22. The van der Waals surface area contributed by atoms with Crippen LogP contribution >= 0.6 is 0 Å². The average Bonchev–Trinajstić information content (AvgIpc) is 3.35. The molecule has 0 N–H and O–H groups in total. The van der Waals surface area contributed by atoms with Crippen LogP contribution in [0.25, 0.3) is 0 Å². The lowest BCUT2D eigenvalue weighted by Crippen LogP contribution is -2.37. The van der Waals surface area contributed by atoms with Crippen molar-refractivity contribution in [1.29, 1.82) is 0 Å². The van der Waals surface area contributed by atoms with Crippen molar-refractivity contribution < 1.29 is 4.57 Å². The Morgan fingerprint density at radius 3 is 1.20 bits per heavy atom. The zero-order valence-corrected chi connectivity index (χ0v) is 28.2. The molecule has 0 saturated carbocycles. The van der Waals surface area contributed by atoms with E-state index in [4.69, 9.17) is 0 Å². The minimum absolute atomic E-state index is 1.22. The fourth-order valence-electron chi connectivity index (χ4n) is 6.33. The van der Waals surface area contributed by atoms with Crippen LogP contribution in [0.4, 0.5) is 0 Å². The van der Waals surface area contributed by atoms with Gasteiger partial charge in [-0.25, -0.2) is 9.13 Å². The van der Waals surface area contributed by atoms with Gasteiger partial charge in [0.15, 0.2) is 0 Å². The second-order valence-corrected chi connectivity index (χ2v) is 13.0. The molecule has 0 amide bonds. The van der Waals surface area contributed by atoms with E-state index in [0.717, 1.165) is 0 Å². The molecule has 0 aromatic carbocycles. The molecule has 0 radical (unpaired) electrons. The van der Waals surface area contributed by atoms with Crippen LogP contribution in [-0.2, 0) is 19.5 Å². The van der Waals surface area contributed by atoms with Crippen LogP contribution < -0.4 is 4.57 Å². The molecule has 0 aliphatic carbocycles. The summed E-state index contributed by atoms with van der Waals surface area (Å²) in [6, 6.07) is 0. The Morgan fingerprint density at radius 2 is 0.775 bits per heavy atom. The van der Waals surface area contributed by atoms with Crippen LogP contribution in [0.3, 0.4) is 0 Å². The molecule has 0 atom stereocenters. The van der Waals surface area contributed by atoms with E-state index >= 15 is 0 Å². The molecule has 0 spiro atoms. The molecule has 2 nitrogen and oxygen atoms in total. The summed E-state index contributed by atoms with van der Waals surface area (Å²) in [6.45, 7) is 9.39. The van der Waals surface area contributed by atoms with Crippen molar-refractivity contribution >= 4 is 0 Å². The van der Waals surface area contributed by atoms with Gasteiger partial charge in [0.1, 0.15) is 12.4 Å². The van der Waals surface area contributed by atoms with Crippen LogP contribution in [0.2, 0.25) is 0 Å². The van der Waals surface area contributed by atoms with E-state index in [9.17, 15) is 0 Å². The lowest BCUT2D eigenvalue weighted by molar-refractivity contribution is -0.704. The summed E-state index contributed by atoms with van der Waals surface area (Å²) >= 11 is 0. The average molecular weight is 560 g/mol. The summed E-state index contributed by atoms with van der Waals surface area (Å²) in [5.41, 5.74) is 0. The summed E-state index contributed by atoms with van der Waals surface area (Å²) in [5, 5.41) is 0. The number of aryl methyl sites for hydroxylation is 2. The largest absolute Gasteiger partial charge is 0.256 e. The van der Waals surface area contributed by atoms with Crippen molar-refractivity contribution in [2.24, 2.45) is 0 Å². The van der Waals surface area contributed by atoms with Gasteiger partial charge in [-0.3, -0.25) is 0 Å². The lowest BCUT2D eigenvalue weighted by Gasteiger charge is -2.07. The first-order valence-corrected chi connectivity index (χ1v) is 18.9. The number of imidazole rings is 1. The van der Waals surface area contributed by atoms with E-state index in [1.54, 1.807) is 5.82 Å². The van der Waals surface area contributed by atoms with Crippen molar-refractivity contribution in [3.63, 3.8) is 0 Å². The number of aromatic nitrogens is 2. The van der Waals surface area contributed by atoms with Crippen LogP contribution in [0.5, 0.6) is 0 Å². The van der Waals surface area contributed by atoms with Gasteiger partial charge in [-0.05, 0) is 32.1 Å². The van der Waals surface area contributed by atoms with Gasteiger partial charge in [-0.15, -0.1) is 0 Å². The van der Waals surface area contributed by atoms with Crippen LogP contribution in [0.15, 0.2) is 12.4 Å². The van der Waals surface area contributed by atoms with Gasteiger partial charge in [0.2, 0.25) is 0 Å². The maximum absolute atomic E-state index is 2.62. The molecule has 0 bridgehead atoms. The number of rotatable bonds is 32. The summed E-state index contributed by atoms with van der Waals surface area (Å²) in [6.07, 6.45) is 47.4. The highest BCUT2D eigenvalue weighted by molar-refractivity contribution is 4.84. The molecule has 236 valence electrons. The van der Waals surface area contributed by atoms with Crippen molar-refractivity contribution in [1.82, 2.24) is 4.57 Å². The number of nitrogens with zero attached hydrogens (tertiary/aromatic N) is 2. The molecular weight excluding hydrogens is 484 g/mol. The third kappa shape index (κ3) is 21.9. The molecule has 1 aromatic rings. The molecule has 1 rings (SSSR count). The maximum atomic E-state index is 2.62. The smallest absolute Gasteiger partial charge is 0.234 e. The van der Waals surface area contributed by atoms with Gasteiger partial charge in [-0.1, -0.05) is 175 Å². The number of hydrogen-bond donors (Lipinski definition) is 0. The van der Waals surface area contributed by atoms with Gasteiger partial charge in [-0.2, -0.15) is 0 Å². The zero-order chi connectivity index (χ0) is 28.8. The van der Waals surface area contributed by atoms with Gasteiger partial charge < -0.3 is 0 Å². The molecule has 0 aliphatic rings. The van der Waals surface area contributed by atoms with E-state index in [2.05, 4.69) is 42.3 Å². The second-order valence-electron chi connectivity index (χ2n) is 13.0. The Kier molecular flexibility index (Phi) is 27.6. The predicted molar refractivity (Wildman–Crippen MR) is 179 cm³/mol. The quantitative estimate of drug-likeness (QED) is 0.0613. The van der Waals surface area contributed by atoms with Gasteiger partial charge in [0, 0.05) is 6.42 Å². The topological polar surface area (TPSA) is 8.81 Å². The monoisotopic (exact) mass is 560 g/mol. The lowest BCUT2D eigenvalue weighted by atomic mass is 10.0. The molecule has 0 aliphatic heterocycles. The van der Waals surface area contributed by atoms with Crippen LogP contribution in [0.1, 0.15) is 213 Å². The normalized spacial score (nSPS) is 11.6. The van der Waals surface area contributed by atoms with E-state index in [1.807, 2.05) is 0 Å². The highest BCUT2D eigenvalue weighted by Crippen LogP contribution is 2.15. The summed E-state index contributed by atoms with van der Waals surface area (Å²) in [7, 11) is 0. The highest BCUT2D eigenvalue weighted by atomic mass is 15.1. The maximum Gasteiger partial charge on any atom is 0.256 e. The Bertz CT molecular complexity index is 619. The standard InChI is InChI=1S/C38H75N2/c1-4-7-10-13-15-17-19-20-21-22-24-26-28-30-33-38-39(34-31-12-9-6-3)36-37-40(38)35-32-29-27-25-23-18-16-14-11-8-5-2/h36-37H,4-35H2,1-3H3/q+1. The van der Waals surface area contributed by atoms with E-state index in [0.29, 0.717) is 0 Å². The first-order chi connectivity index (χ1) is 19.8. The molecule has 1 aromatic heterocycles. The zero-order valence-electron chi connectivity index (χ0n) is 28.2. The molecule has 2 heteroatoms. The summed E-state index contributed by atoms with van der Waals surface area (Å²) < 4.78 is 5.23. The molecule has 1 heterocycles. The Labute approximate surface area is 253 Å². The number of unbranched alkanes of at least 4 members (excludes halogenated alkanes) is 26. The Hall–Kier alpha value is -0.790. The molecule has 0 saturated heterocycles. The Balaban J connectivity index is 2.20. The minimum Gasteiger partial charge on any atom is -0.234 e. The first-order valence-electron chi connectivity index (χ1n) is 18.9. The summed E-state index contributed by atoms with van der Waals surface area (Å²) in [5.74, 6) is 1.61. The molecule has 0 fully saturated rings. The third-order valence-electron chi connectivity index (χ3n) is 9.10. The van der Waals surface area contributed by atoms with E-state index in [-0.39, 0.29) is 0 Å². The van der Waals surface area contributed by atoms with E-state index in [1.165, 1.54) is 206 Å². The molecular formula is C38H75N2+. The fourth-order valence-corrected chi connectivity index (χ4v) is 6.33. The van der Waals surface area contributed by atoms with E-state index < -0.39 is 0 Å². The van der Waals surface area contributed by atoms with Crippen LogP contribution in [0, 0.1) is 0 Å². The fraction of sp³-hybridized carbons (Fsp3) is 0.921. The third-order valence-corrected chi connectivity index (χ3v) is 9.10. The van der Waals surface area contributed by atoms with Crippen molar-refractivity contribution in [2.75, 3.05) is 0 Å². The second kappa shape index (κ2) is 29.7. The highest BCUT2D eigenvalue weighted by Gasteiger charge is 2.16. The van der Waals surface area contributed by atoms with Gasteiger partial charge in [0.25, 0.3) is 5.82 Å². The molecule has 0 unspecified atom stereocenters. The first kappa shape index (κ1) is 37.2. The SMILES string of the molecule is CCCCCCCCCCCCCCCCc1n(CCCCCC)cc[n+]1CCCCCCCCCCCCC. The van der Waals surface area contributed by atoms with Crippen molar-refractivity contribution in [3.05, 3.63) is 18.2 Å². The molecule has 40 heavy (non-hydrogen) atoms. The Morgan fingerprint density at radius 1 is 0.425 bits per heavy atom. The predicted octanol–water partition coefficient (Wildman–Crippen LogP) is 12.7. The van der Waals surface area contributed by atoms with Crippen LogP contribution in [-0.4, -0.2) is 4.57 Å². The van der Waals surface area contributed by atoms with Crippen molar-refractivity contribution in [3.8, 4) is 0 Å². The summed E-state index contributed by atoms with van der Waals surface area (Å²) in [4.78, 5) is 0. The van der Waals surface area contributed by atoms with Gasteiger partial charge in [0.05, 0.1) is 13.1 Å².